The Balaban J connectivity index is 2.40. The van der Waals surface area contributed by atoms with Crippen molar-refractivity contribution in [1.29, 1.82) is 0 Å². The standard InChI is InChI=1S/C26H29O2/c1-15-11-19(12-16(2)24(15)27)21-9-8-10-22(26(5,6)7)23(21)20-13-17(3)25(28)18(4)14-20/h8,10-14,27-28H,1-7H3. The number of aromatic hydroxyl groups is 2. The third-order valence-electron chi connectivity index (χ3n) is 5.36. The fraction of sp³-hybridized carbons (Fsp3) is 0.308. The molecule has 28 heavy (non-hydrogen) atoms. The summed E-state index contributed by atoms with van der Waals surface area (Å²) < 4.78 is 0. The van der Waals surface area contributed by atoms with Crippen molar-refractivity contribution in [2.45, 2.75) is 53.9 Å². The first-order valence-corrected chi connectivity index (χ1v) is 9.67. The second-order valence-corrected chi connectivity index (χ2v) is 8.81. The highest BCUT2D eigenvalue weighted by Crippen LogP contribution is 2.42. The minimum Gasteiger partial charge on any atom is -0.507 e. The Labute approximate surface area is 168 Å². The van der Waals surface area contributed by atoms with E-state index in [-0.39, 0.29) is 5.41 Å². The Morgan fingerprint density at radius 3 is 1.57 bits per heavy atom. The molecule has 0 atom stereocenters. The maximum absolute atomic E-state index is 10.3. The molecule has 2 heteroatoms. The number of aryl methyl sites for hydroxylation is 4. The van der Waals surface area contributed by atoms with Gasteiger partial charge in [0.2, 0.25) is 0 Å². The van der Waals surface area contributed by atoms with Gasteiger partial charge in [0.05, 0.1) is 0 Å². The molecular formula is C26H29O2. The van der Waals surface area contributed by atoms with E-state index in [1.165, 1.54) is 5.56 Å². The second-order valence-electron chi connectivity index (χ2n) is 8.81. The number of benzene rings is 3. The lowest BCUT2D eigenvalue weighted by Crippen LogP contribution is -2.13. The average molecular weight is 374 g/mol. The lowest BCUT2D eigenvalue weighted by atomic mass is 9.78. The lowest BCUT2D eigenvalue weighted by Gasteiger charge is -2.26. The van der Waals surface area contributed by atoms with Gasteiger partial charge in [-0.25, -0.2) is 0 Å². The van der Waals surface area contributed by atoms with Crippen LogP contribution in [0.5, 0.6) is 11.5 Å². The smallest absolute Gasteiger partial charge is 0.121 e. The van der Waals surface area contributed by atoms with Crippen LogP contribution in [0.1, 0.15) is 48.6 Å². The number of phenols is 2. The molecular weight excluding hydrogens is 344 g/mol. The van der Waals surface area contributed by atoms with E-state index in [2.05, 4.69) is 32.9 Å². The number of hydrogen-bond donors (Lipinski definition) is 2. The molecule has 0 saturated heterocycles. The summed E-state index contributed by atoms with van der Waals surface area (Å²) in [6.45, 7) is 14.4. The van der Waals surface area contributed by atoms with Gasteiger partial charge in [0.1, 0.15) is 11.5 Å². The van der Waals surface area contributed by atoms with E-state index in [4.69, 9.17) is 0 Å². The predicted molar refractivity (Wildman–Crippen MR) is 117 cm³/mol. The van der Waals surface area contributed by atoms with Crippen LogP contribution < -0.4 is 0 Å². The highest BCUT2D eigenvalue weighted by Gasteiger charge is 2.23. The minimum absolute atomic E-state index is 0.0557. The number of hydrogen-bond acceptors (Lipinski definition) is 2. The van der Waals surface area contributed by atoms with Crippen LogP contribution in [0, 0.1) is 33.8 Å². The summed E-state index contributed by atoms with van der Waals surface area (Å²) >= 11 is 0. The van der Waals surface area contributed by atoms with Crippen molar-refractivity contribution in [3.05, 3.63) is 70.3 Å². The molecule has 3 aromatic carbocycles. The molecule has 3 aromatic rings. The monoisotopic (exact) mass is 373 g/mol. The van der Waals surface area contributed by atoms with Gasteiger partial charge in [-0.1, -0.05) is 32.9 Å². The van der Waals surface area contributed by atoms with Gasteiger partial charge in [-0.2, -0.15) is 0 Å². The van der Waals surface area contributed by atoms with E-state index >= 15 is 0 Å². The van der Waals surface area contributed by atoms with Crippen molar-refractivity contribution in [1.82, 2.24) is 0 Å². The van der Waals surface area contributed by atoms with E-state index in [1.807, 2.05) is 58.0 Å². The van der Waals surface area contributed by atoms with Crippen LogP contribution in [-0.4, -0.2) is 10.2 Å². The van der Waals surface area contributed by atoms with Gasteiger partial charge in [-0.15, -0.1) is 0 Å². The third kappa shape index (κ3) is 3.52. The predicted octanol–water partition coefficient (Wildman–Crippen LogP) is 6.76. The lowest BCUT2D eigenvalue weighted by molar-refractivity contribution is 0.466. The van der Waals surface area contributed by atoms with Crippen molar-refractivity contribution in [2.24, 2.45) is 0 Å². The third-order valence-corrected chi connectivity index (χ3v) is 5.36. The van der Waals surface area contributed by atoms with E-state index in [1.54, 1.807) is 0 Å². The SMILES string of the molecule is Cc1cc(-c2[c]ccc(C(C)(C)C)c2-c2cc(C)c(O)c(C)c2)cc(C)c1O. The second kappa shape index (κ2) is 7.01. The molecule has 145 valence electrons. The molecule has 0 unspecified atom stereocenters. The Kier molecular flexibility index (Phi) is 5.01. The van der Waals surface area contributed by atoms with Crippen LogP contribution in [0.15, 0.2) is 36.4 Å². The molecule has 0 heterocycles. The Bertz CT molecular complexity index is 1010. The molecule has 0 aromatic heterocycles. The van der Waals surface area contributed by atoms with Crippen LogP contribution in [0.3, 0.4) is 0 Å². The van der Waals surface area contributed by atoms with Crippen molar-refractivity contribution >= 4 is 0 Å². The minimum atomic E-state index is -0.0557. The highest BCUT2D eigenvalue weighted by molar-refractivity contribution is 5.87. The zero-order valence-electron chi connectivity index (χ0n) is 17.9. The molecule has 0 spiro atoms. The van der Waals surface area contributed by atoms with E-state index in [0.29, 0.717) is 11.5 Å². The van der Waals surface area contributed by atoms with Gasteiger partial charge in [0.15, 0.2) is 0 Å². The van der Waals surface area contributed by atoms with Gasteiger partial charge in [-0.3, -0.25) is 0 Å². The van der Waals surface area contributed by atoms with Gasteiger partial charge >= 0.3 is 0 Å². The summed E-state index contributed by atoms with van der Waals surface area (Å²) in [5, 5.41) is 20.5. The topological polar surface area (TPSA) is 40.5 Å². The molecule has 0 saturated carbocycles. The van der Waals surface area contributed by atoms with Crippen LogP contribution in [0.2, 0.25) is 0 Å². The first kappa shape index (κ1) is 20.0. The van der Waals surface area contributed by atoms with E-state index in [0.717, 1.165) is 44.5 Å². The summed E-state index contributed by atoms with van der Waals surface area (Å²) in [4.78, 5) is 0. The summed E-state index contributed by atoms with van der Waals surface area (Å²) in [6.07, 6.45) is 0. The first-order chi connectivity index (χ1) is 13.0. The molecule has 1 radical (unpaired) electrons. The molecule has 0 amide bonds. The molecule has 0 bridgehead atoms. The van der Waals surface area contributed by atoms with Crippen molar-refractivity contribution in [2.75, 3.05) is 0 Å². The fourth-order valence-corrected chi connectivity index (χ4v) is 3.85. The first-order valence-electron chi connectivity index (χ1n) is 9.67. The normalized spacial score (nSPS) is 11.7. The van der Waals surface area contributed by atoms with Crippen LogP contribution in [0.4, 0.5) is 0 Å². The van der Waals surface area contributed by atoms with Crippen molar-refractivity contribution in [3.63, 3.8) is 0 Å². The van der Waals surface area contributed by atoms with Crippen molar-refractivity contribution in [3.8, 4) is 33.8 Å². The number of phenolic OH excluding ortho intramolecular Hbond substituents is 2. The summed E-state index contributed by atoms with van der Waals surface area (Å²) in [6, 6.07) is 15.7. The number of rotatable bonds is 2. The zero-order chi connectivity index (χ0) is 20.8. The van der Waals surface area contributed by atoms with Crippen molar-refractivity contribution < 1.29 is 10.2 Å². The molecule has 0 aliphatic heterocycles. The molecule has 2 N–H and O–H groups in total. The molecule has 0 aliphatic carbocycles. The molecule has 3 rings (SSSR count). The largest absolute Gasteiger partial charge is 0.507 e. The van der Waals surface area contributed by atoms with Gasteiger partial charge in [0.25, 0.3) is 0 Å². The molecule has 0 fully saturated rings. The summed E-state index contributed by atoms with van der Waals surface area (Å²) in [7, 11) is 0. The van der Waals surface area contributed by atoms with Crippen LogP contribution in [-0.2, 0) is 5.41 Å². The Morgan fingerprint density at radius 2 is 1.14 bits per heavy atom. The maximum atomic E-state index is 10.3. The summed E-state index contributed by atoms with van der Waals surface area (Å²) in [5.41, 5.74) is 8.88. The molecule has 2 nitrogen and oxygen atoms in total. The van der Waals surface area contributed by atoms with E-state index in [9.17, 15) is 10.2 Å². The Morgan fingerprint density at radius 1 is 0.714 bits per heavy atom. The summed E-state index contributed by atoms with van der Waals surface area (Å²) in [5.74, 6) is 0.687. The van der Waals surface area contributed by atoms with Crippen LogP contribution >= 0.6 is 0 Å². The van der Waals surface area contributed by atoms with Gasteiger partial charge in [-0.05, 0) is 114 Å². The fourth-order valence-electron chi connectivity index (χ4n) is 3.85. The van der Waals surface area contributed by atoms with Crippen LogP contribution in [0.25, 0.3) is 22.3 Å². The maximum Gasteiger partial charge on any atom is 0.121 e. The van der Waals surface area contributed by atoms with Gasteiger partial charge < -0.3 is 10.2 Å². The van der Waals surface area contributed by atoms with E-state index < -0.39 is 0 Å². The quantitative estimate of drug-likeness (QED) is 0.521. The van der Waals surface area contributed by atoms with Gasteiger partial charge in [0, 0.05) is 0 Å². The zero-order valence-corrected chi connectivity index (χ0v) is 17.9. The molecule has 0 aliphatic rings. The Hall–Kier alpha value is -2.74. The highest BCUT2D eigenvalue weighted by atomic mass is 16.3. The average Bonchev–Trinajstić information content (AvgIpc) is 2.62.